The average molecular weight is 464 g/mol. The van der Waals surface area contributed by atoms with Gasteiger partial charge in [0.05, 0.1) is 18.1 Å². The lowest BCUT2D eigenvalue weighted by Gasteiger charge is -2.08. The molecule has 0 saturated carbocycles. The molecule has 0 N–H and O–H groups in total. The number of hydrogen-bond acceptors (Lipinski definition) is 5. The molecule has 0 saturated heterocycles. The molecule has 0 fully saturated rings. The second-order valence-corrected chi connectivity index (χ2v) is 7.53. The van der Waals surface area contributed by atoms with Crippen molar-refractivity contribution in [2.75, 3.05) is 7.11 Å². The van der Waals surface area contributed by atoms with Crippen molar-refractivity contribution in [2.45, 2.75) is 6.18 Å². The number of hydrogen-bond donors (Lipinski definition) is 0. The van der Waals surface area contributed by atoms with E-state index < -0.39 is 23.1 Å². The van der Waals surface area contributed by atoms with E-state index >= 15 is 0 Å². The van der Waals surface area contributed by atoms with Crippen LogP contribution in [0.15, 0.2) is 86.4 Å². The van der Waals surface area contributed by atoms with Gasteiger partial charge in [0.1, 0.15) is 16.7 Å². The van der Waals surface area contributed by atoms with E-state index in [0.717, 1.165) is 12.1 Å². The van der Waals surface area contributed by atoms with E-state index in [1.807, 2.05) is 0 Å². The van der Waals surface area contributed by atoms with Gasteiger partial charge >= 0.3 is 11.8 Å². The molecular formula is C26H15F3O5. The number of halogens is 3. The molecule has 170 valence electrons. The molecule has 0 atom stereocenters. The Kier molecular flexibility index (Phi) is 5.01. The average Bonchev–Trinajstić information content (AvgIpc) is 3.25. The minimum absolute atomic E-state index is 0.0182. The van der Waals surface area contributed by atoms with Gasteiger partial charge in [-0.2, -0.15) is 13.2 Å². The zero-order chi connectivity index (χ0) is 24.0. The number of furan rings is 1. The van der Waals surface area contributed by atoms with Crippen molar-refractivity contribution in [1.82, 2.24) is 0 Å². The number of para-hydroxylation sites is 1. The van der Waals surface area contributed by atoms with Crippen molar-refractivity contribution in [2.24, 2.45) is 0 Å². The number of fused-ring (bicyclic) bond motifs is 3. The van der Waals surface area contributed by atoms with Crippen molar-refractivity contribution < 1.29 is 31.5 Å². The molecule has 0 unspecified atom stereocenters. The lowest BCUT2D eigenvalue weighted by molar-refractivity contribution is -0.137. The third kappa shape index (κ3) is 3.53. The minimum Gasteiger partial charge on any atom is -0.497 e. The Balaban J connectivity index is 1.80. The molecule has 0 aliphatic heterocycles. The number of methoxy groups -OCH3 is 1. The summed E-state index contributed by atoms with van der Waals surface area (Å²) in [5.41, 5.74) is -0.697. The van der Waals surface area contributed by atoms with Gasteiger partial charge in [0.2, 0.25) is 5.78 Å². The fourth-order valence-corrected chi connectivity index (χ4v) is 3.84. The first-order valence-electron chi connectivity index (χ1n) is 10.1. The predicted molar refractivity (Wildman–Crippen MR) is 119 cm³/mol. The summed E-state index contributed by atoms with van der Waals surface area (Å²) in [6.07, 6.45) is -4.53. The Hall–Kier alpha value is -4.33. The van der Waals surface area contributed by atoms with Gasteiger partial charge in [-0.3, -0.25) is 4.79 Å². The molecule has 0 aliphatic carbocycles. The number of carbonyl (C=O) groups excluding carboxylic acids is 1. The summed E-state index contributed by atoms with van der Waals surface area (Å²) in [4.78, 5) is 26.4. The molecule has 2 heterocycles. The molecule has 5 rings (SSSR count). The second-order valence-electron chi connectivity index (χ2n) is 7.53. The van der Waals surface area contributed by atoms with E-state index in [1.165, 1.54) is 31.4 Å². The Morgan fingerprint density at radius 2 is 1.56 bits per heavy atom. The first-order chi connectivity index (χ1) is 16.3. The van der Waals surface area contributed by atoms with Crippen LogP contribution in [0.2, 0.25) is 0 Å². The van der Waals surface area contributed by atoms with Gasteiger partial charge < -0.3 is 13.6 Å². The van der Waals surface area contributed by atoms with Crippen LogP contribution in [0.4, 0.5) is 13.2 Å². The molecule has 3 aromatic carbocycles. The third-order valence-corrected chi connectivity index (χ3v) is 5.51. The first-order valence-corrected chi connectivity index (χ1v) is 10.1. The molecule has 8 heteroatoms. The summed E-state index contributed by atoms with van der Waals surface area (Å²) in [6.45, 7) is 0. The van der Waals surface area contributed by atoms with Crippen molar-refractivity contribution in [3.63, 3.8) is 0 Å². The van der Waals surface area contributed by atoms with Gasteiger partial charge in [0.15, 0.2) is 11.3 Å². The highest BCUT2D eigenvalue weighted by molar-refractivity contribution is 6.18. The molecule has 0 amide bonds. The Morgan fingerprint density at radius 3 is 2.21 bits per heavy atom. The Labute approximate surface area is 190 Å². The van der Waals surface area contributed by atoms with Gasteiger partial charge in [-0.25, -0.2) is 4.79 Å². The molecule has 5 nitrogen and oxygen atoms in total. The van der Waals surface area contributed by atoms with Gasteiger partial charge in [0, 0.05) is 11.1 Å². The van der Waals surface area contributed by atoms with Crippen LogP contribution in [0.1, 0.15) is 21.7 Å². The van der Waals surface area contributed by atoms with Crippen LogP contribution in [0.5, 0.6) is 5.75 Å². The van der Waals surface area contributed by atoms with Gasteiger partial charge in [0.25, 0.3) is 0 Å². The SMILES string of the molecule is COc1ccc(C(=O)c2oc3c(c2-c2ccc(C(F)(F)F)cc2)c(=O)oc2ccccc23)cc1. The summed E-state index contributed by atoms with van der Waals surface area (Å²) in [7, 11) is 1.49. The lowest BCUT2D eigenvalue weighted by Crippen LogP contribution is -2.05. The van der Waals surface area contributed by atoms with E-state index in [9.17, 15) is 22.8 Å². The molecule has 5 aromatic rings. The van der Waals surface area contributed by atoms with E-state index in [4.69, 9.17) is 13.6 Å². The summed E-state index contributed by atoms with van der Waals surface area (Å²) in [5, 5.41) is 0.439. The van der Waals surface area contributed by atoms with Crippen LogP contribution in [-0.2, 0) is 6.18 Å². The Morgan fingerprint density at radius 1 is 0.882 bits per heavy atom. The van der Waals surface area contributed by atoms with Crippen molar-refractivity contribution in [1.29, 1.82) is 0 Å². The number of alkyl halides is 3. The zero-order valence-electron chi connectivity index (χ0n) is 17.6. The maximum Gasteiger partial charge on any atom is 0.416 e. The standard InChI is InChI=1S/C26H15F3O5/c1-32-17-12-8-15(9-13-17)22(30)24-20(14-6-10-16(11-7-14)26(27,28)29)21-23(34-24)18-4-2-3-5-19(18)33-25(21)31/h2-13H,1H3. The number of carbonyl (C=O) groups is 1. The fraction of sp³-hybridized carbons (Fsp3) is 0.0769. The normalized spacial score (nSPS) is 11.8. The van der Waals surface area contributed by atoms with Crippen LogP contribution in [0.25, 0.3) is 33.1 Å². The second kappa shape index (κ2) is 7.91. The van der Waals surface area contributed by atoms with Crippen LogP contribution in [0, 0.1) is 0 Å². The van der Waals surface area contributed by atoms with Crippen molar-refractivity contribution in [3.8, 4) is 16.9 Å². The van der Waals surface area contributed by atoms with Crippen LogP contribution in [-0.4, -0.2) is 12.9 Å². The van der Waals surface area contributed by atoms with Crippen molar-refractivity contribution in [3.05, 3.63) is 100 Å². The number of benzene rings is 3. The lowest BCUT2D eigenvalue weighted by atomic mass is 9.97. The minimum atomic E-state index is -4.53. The highest BCUT2D eigenvalue weighted by Gasteiger charge is 2.31. The highest BCUT2D eigenvalue weighted by atomic mass is 19.4. The monoisotopic (exact) mass is 464 g/mol. The summed E-state index contributed by atoms with van der Waals surface area (Å²) < 4.78 is 55.8. The summed E-state index contributed by atoms with van der Waals surface area (Å²) >= 11 is 0. The van der Waals surface area contributed by atoms with E-state index in [2.05, 4.69) is 0 Å². The molecule has 0 bridgehead atoms. The summed E-state index contributed by atoms with van der Waals surface area (Å²) in [6, 6.07) is 17.1. The molecule has 0 aliphatic rings. The summed E-state index contributed by atoms with van der Waals surface area (Å²) in [5.74, 6) is -0.184. The highest BCUT2D eigenvalue weighted by Crippen LogP contribution is 2.39. The van der Waals surface area contributed by atoms with E-state index in [1.54, 1.807) is 36.4 Å². The third-order valence-electron chi connectivity index (χ3n) is 5.51. The van der Waals surface area contributed by atoms with Crippen molar-refractivity contribution >= 4 is 27.7 Å². The fourth-order valence-electron chi connectivity index (χ4n) is 3.84. The Bertz CT molecular complexity index is 1590. The predicted octanol–water partition coefficient (Wildman–Crippen LogP) is 6.46. The molecule has 34 heavy (non-hydrogen) atoms. The zero-order valence-corrected chi connectivity index (χ0v) is 17.6. The number of ketones is 1. The maximum absolute atomic E-state index is 13.4. The van der Waals surface area contributed by atoms with Gasteiger partial charge in [-0.15, -0.1) is 0 Å². The smallest absolute Gasteiger partial charge is 0.416 e. The van der Waals surface area contributed by atoms with E-state index in [0.29, 0.717) is 11.1 Å². The molecular weight excluding hydrogens is 449 g/mol. The maximum atomic E-state index is 13.4. The largest absolute Gasteiger partial charge is 0.497 e. The van der Waals surface area contributed by atoms with Crippen LogP contribution >= 0.6 is 0 Å². The first kappa shape index (κ1) is 21.5. The number of rotatable bonds is 4. The molecule has 0 radical (unpaired) electrons. The quantitative estimate of drug-likeness (QED) is 0.225. The van der Waals surface area contributed by atoms with Gasteiger partial charge in [-0.05, 0) is 54.1 Å². The topological polar surface area (TPSA) is 69.7 Å². The molecule has 2 aromatic heterocycles. The number of ether oxygens (including phenoxy) is 1. The molecule has 0 spiro atoms. The van der Waals surface area contributed by atoms with E-state index in [-0.39, 0.29) is 39.0 Å². The van der Waals surface area contributed by atoms with Gasteiger partial charge in [-0.1, -0.05) is 24.3 Å². The van der Waals surface area contributed by atoms with Crippen LogP contribution < -0.4 is 10.4 Å². The van der Waals surface area contributed by atoms with Crippen LogP contribution in [0.3, 0.4) is 0 Å².